The first kappa shape index (κ1) is 11.8. The number of hydrogen-bond donors (Lipinski definition) is 1. The minimum atomic E-state index is -0.0967. The number of carbonyl (C=O) groups excluding carboxylic acids is 1. The molecule has 0 aliphatic carbocycles. The van der Waals surface area contributed by atoms with Crippen molar-refractivity contribution in [3.05, 3.63) is 45.4 Å². The minimum Gasteiger partial charge on any atom is -0.321 e. The molecule has 2 aromatic rings. The molecule has 0 saturated carbocycles. The van der Waals surface area contributed by atoms with E-state index in [1.54, 1.807) is 6.20 Å². The lowest BCUT2D eigenvalue weighted by atomic mass is 10.1. The Bertz CT molecular complexity index is 540. The molecule has 1 amide bonds. The third-order valence-electron chi connectivity index (χ3n) is 2.32. The van der Waals surface area contributed by atoms with E-state index in [9.17, 15) is 4.79 Å². The fourth-order valence-electron chi connectivity index (χ4n) is 1.71. The predicted octanol–water partition coefficient (Wildman–Crippen LogP) is 3.32. The van der Waals surface area contributed by atoms with Gasteiger partial charge in [-0.1, -0.05) is 6.07 Å². The summed E-state index contributed by atoms with van der Waals surface area (Å²) in [6.45, 7) is 5.91. The summed E-state index contributed by atoms with van der Waals surface area (Å²) in [6.07, 6.45) is 1.61. The van der Waals surface area contributed by atoms with E-state index in [-0.39, 0.29) is 5.91 Å². The number of nitrogens with zero attached hydrogens (tertiary/aromatic N) is 1. The van der Waals surface area contributed by atoms with E-state index in [1.165, 1.54) is 11.3 Å². The summed E-state index contributed by atoms with van der Waals surface area (Å²) in [5.74, 6) is -0.0967. The van der Waals surface area contributed by atoms with E-state index >= 15 is 0 Å². The molecule has 0 unspecified atom stereocenters. The smallest absolute Gasteiger partial charge is 0.267 e. The average Bonchev–Trinajstić information content (AvgIpc) is 2.63. The van der Waals surface area contributed by atoms with Gasteiger partial charge in [-0.3, -0.25) is 4.79 Å². The molecule has 0 atom stereocenters. The van der Waals surface area contributed by atoms with Gasteiger partial charge in [0.1, 0.15) is 4.88 Å². The molecular formula is C13H14N2OS. The van der Waals surface area contributed by atoms with E-state index in [0.29, 0.717) is 4.88 Å². The first-order valence-corrected chi connectivity index (χ1v) is 6.18. The monoisotopic (exact) mass is 246 g/mol. The van der Waals surface area contributed by atoms with E-state index in [4.69, 9.17) is 0 Å². The van der Waals surface area contributed by atoms with Crippen LogP contribution in [-0.4, -0.2) is 10.9 Å². The van der Waals surface area contributed by atoms with Crippen LogP contribution in [0.1, 0.15) is 25.8 Å². The second kappa shape index (κ2) is 4.67. The van der Waals surface area contributed by atoms with Gasteiger partial charge in [-0.15, -0.1) is 11.3 Å². The molecule has 1 aromatic heterocycles. The molecule has 1 aromatic carbocycles. The van der Waals surface area contributed by atoms with Crippen molar-refractivity contribution >= 4 is 22.9 Å². The number of carbonyl (C=O) groups is 1. The quantitative estimate of drug-likeness (QED) is 0.883. The SMILES string of the molecule is Cc1cc(C)cc(NC(=O)c2cnc(C)s2)c1. The van der Waals surface area contributed by atoms with Crippen LogP contribution in [0.2, 0.25) is 0 Å². The number of aromatic nitrogens is 1. The molecule has 3 nitrogen and oxygen atoms in total. The van der Waals surface area contributed by atoms with Crippen LogP contribution in [0.25, 0.3) is 0 Å². The second-order valence-corrected chi connectivity index (χ2v) is 5.31. The molecule has 0 spiro atoms. The summed E-state index contributed by atoms with van der Waals surface area (Å²) < 4.78 is 0. The van der Waals surface area contributed by atoms with Crippen LogP contribution in [0.3, 0.4) is 0 Å². The zero-order valence-corrected chi connectivity index (χ0v) is 10.9. The summed E-state index contributed by atoms with van der Waals surface area (Å²) in [6, 6.07) is 5.99. The van der Waals surface area contributed by atoms with Crippen LogP contribution in [0, 0.1) is 20.8 Å². The standard InChI is InChI=1S/C13H14N2OS/c1-8-4-9(2)6-11(5-8)15-13(16)12-7-14-10(3)17-12/h4-7H,1-3H3,(H,15,16). The lowest BCUT2D eigenvalue weighted by Gasteiger charge is -2.05. The number of hydrogen-bond acceptors (Lipinski definition) is 3. The summed E-state index contributed by atoms with van der Waals surface area (Å²) in [4.78, 5) is 16.6. The number of nitrogens with one attached hydrogen (secondary N) is 1. The molecule has 0 fully saturated rings. The zero-order valence-electron chi connectivity index (χ0n) is 10.1. The van der Waals surface area contributed by atoms with Crippen LogP contribution < -0.4 is 5.32 Å². The highest BCUT2D eigenvalue weighted by molar-refractivity contribution is 7.13. The number of aryl methyl sites for hydroxylation is 3. The van der Waals surface area contributed by atoms with Crippen molar-refractivity contribution in [3.63, 3.8) is 0 Å². The Morgan fingerprint density at radius 1 is 1.18 bits per heavy atom. The van der Waals surface area contributed by atoms with Crippen LogP contribution in [0.4, 0.5) is 5.69 Å². The third-order valence-corrected chi connectivity index (χ3v) is 3.24. The maximum atomic E-state index is 11.9. The minimum absolute atomic E-state index is 0.0967. The van der Waals surface area contributed by atoms with E-state index in [2.05, 4.69) is 16.4 Å². The van der Waals surface area contributed by atoms with Crippen molar-refractivity contribution in [2.45, 2.75) is 20.8 Å². The molecule has 0 aliphatic heterocycles. The molecule has 1 heterocycles. The van der Waals surface area contributed by atoms with Gasteiger partial charge in [0.25, 0.3) is 5.91 Å². The fourth-order valence-corrected chi connectivity index (χ4v) is 2.38. The van der Waals surface area contributed by atoms with Gasteiger partial charge in [0.05, 0.1) is 11.2 Å². The molecule has 0 aliphatic rings. The lowest BCUT2D eigenvalue weighted by Crippen LogP contribution is -2.10. The highest BCUT2D eigenvalue weighted by Crippen LogP contribution is 2.17. The molecular weight excluding hydrogens is 232 g/mol. The van der Waals surface area contributed by atoms with Crippen LogP contribution in [0.5, 0.6) is 0 Å². The number of benzene rings is 1. The Kier molecular flexibility index (Phi) is 3.24. The Hall–Kier alpha value is -1.68. The average molecular weight is 246 g/mol. The summed E-state index contributed by atoms with van der Waals surface area (Å²) in [7, 11) is 0. The van der Waals surface area contributed by atoms with Crippen LogP contribution in [0.15, 0.2) is 24.4 Å². The van der Waals surface area contributed by atoms with Gasteiger partial charge in [-0.05, 0) is 44.0 Å². The third kappa shape index (κ3) is 2.91. The summed E-state index contributed by atoms with van der Waals surface area (Å²) in [5, 5.41) is 3.78. The van der Waals surface area contributed by atoms with Gasteiger partial charge in [-0.25, -0.2) is 4.98 Å². The molecule has 4 heteroatoms. The highest BCUT2D eigenvalue weighted by atomic mass is 32.1. The Labute approximate surface area is 105 Å². The summed E-state index contributed by atoms with van der Waals surface area (Å²) >= 11 is 1.40. The van der Waals surface area contributed by atoms with Crippen LogP contribution in [-0.2, 0) is 0 Å². The van der Waals surface area contributed by atoms with E-state index < -0.39 is 0 Å². The molecule has 2 rings (SSSR count). The molecule has 0 bridgehead atoms. The number of amides is 1. The van der Waals surface area contributed by atoms with Crippen molar-refractivity contribution in [3.8, 4) is 0 Å². The largest absolute Gasteiger partial charge is 0.321 e. The lowest BCUT2D eigenvalue weighted by molar-refractivity contribution is 0.103. The Morgan fingerprint density at radius 3 is 2.35 bits per heavy atom. The normalized spacial score (nSPS) is 10.3. The van der Waals surface area contributed by atoms with Gasteiger partial charge in [0, 0.05) is 5.69 Å². The molecule has 88 valence electrons. The first-order valence-electron chi connectivity index (χ1n) is 5.36. The topological polar surface area (TPSA) is 42.0 Å². The zero-order chi connectivity index (χ0) is 12.4. The molecule has 17 heavy (non-hydrogen) atoms. The Morgan fingerprint density at radius 2 is 1.82 bits per heavy atom. The van der Waals surface area contributed by atoms with Crippen molar-refractivity contribution in [1.29, 1.82) is 0 Å². The molecule has 1 N–H and O–H groups in total. The number of anilines is 1. The van der Waals surface area contributed by atoms with Gasteiger partial charge in [0.15, 0.2) is 0 Å². The first-order chi connectivity index (χ1) is 8.04. The molecule has 0 radical (unpaired) electrons. The van der Waals surface area contributed by atoms with Gasteiger partial charge < -0.3 is 5.32 Å². The fraction of sp³-hybridized carbons (Fsp3) is 0.231. The van der Waals surface area contributed by atoms with Crippen LogP contribution >= 0.6 is 11.3 Å². The highest BCUT2D eigenvalue weighted by Gasteiger charge is 2.09. The maximum Gasteiger partial charge on any atom is 0.267 e. The van der Waals surface area contributed by atoms with Gasteiger partial charge in [-0.2, -0.15) is 0 Å². The van der Waals surface area contributed by atoms with Gasteiger partial charge >= 0.3 is 0 Å². The van der Waals surface area contributed by atoms with Crippen molar-refractivity contribution in [2.24, 2.45) is 0 Å². The molecule has 0 saturated heterocycles. The summed E-state index contributed by atoms with van der Waals surface area (Å²) in [5.41, 5.74) is 3.11. The van der Waals surface area contributed by atoms with Crippen molar-refractivity contribution in [1.82, 2.24) is 4.98 Å². The maximum absolute atomic E-state index is 11.9. The predicted molar refractivity (Wildman–Crippen MR) is 70.7 cm³/mol. The van der Waals surface area contributed by atoms with Gasteiger partial charge in [0.2, 0.25) is 0 Å². The van der Waals surface area contributed by atoms with E-state index in [1.807, 2.05) is 32.9 Å². The number of rotatable bonds is 2. The second-order valence-electron chi connectivity index (χ2n) is 4.07. The van der Waals surface area contributed by atoms with Crippen molar-refractivity contribution in [2.75, 3.05) is 5.32 Å². The number of thiazole rings is 1. The Balaban J connectivity index is 2.18. The van der Waals surface area contributed by atoms with Crippen molar-refractivity contribution < 1.29 is 4.79 Å². The van der Waals surface area contributed by atoms with E-state index in [0.717, 1.165) is 21.8 Å².